The molecular weight excluding hydrogens is 424 g/mol. The number of amides is 2. The number of carbonyl (C=O) groups excluding carboxylic acids is 2. The van der Waals surface area contributed by atoms with Gasteiger partial charge in [0.25, 0.3) is 0 Å². The maximum atomic E-state index is 12.7. The molecule has 0 saturated heterocycles. The minimum Gasteiger partial charge on any atom is -0.480 e. The molecule has 0 aromatic heterocycles. The Labute approximate surface area is 193 Å². The molecule has 1 unspecified atom stereocenters. The van der Waals surface area contributed by atoms with Gasteiger partial charge in [-0.25, -0.2) is 9.59 Å². The van der Waals surface area contributed by atoms with Crippen LogP contribution in [0.15, 0.2) is 48.5 Å². The van der Waals surface area contributed by atoms with Crippen molar-refractivity contribution in [3.8, 4) is 11.1 Å². The fourth-order valence-electron chi connectivity index (χ4n) is 4.05. The number of rotatable bonds is 10. The maximum Gasteiger partial charge on any atom is 0.407 e. The SMILES string of the molecule is COCCC(NC(=O)OCC1c2ccccc2-c2ccccc21)C(=O)N[C@H](C(=O)O)C(C)C. The molecule has 0 saturated carbocycles. The van der Waals surface area contributed by atoms with Crippen LogP contribution in [-0.2, 0) is 19.1 Å². The molecule has 0 radical (unpaired) electrons. The smallest absolute Gasteiger partial charge is 0.407 e. The summed E-state index contributed by atoms with van der Waals surface area (Å²) in [4.78, 5) is 36.7. The lowest BCUT2D eigenvalue weighted by molar-refractivity contribution is -0.143. The molecule has 2 aromatic carbocycles. The van der Waals surface area contributed by atoms with Gasteiger partial charge < -0.3 is 25.2 Å². The highest BCUT2D eigenvalue weighted by Crippen LogP contribution is 2.44. The van der Waals surface area contributed by atoms with Crippen molar-refractivity contribution >= 4 is 18.0 Å². The fraction of sp³-hybridized carbons (Fsp3) is 0.400. The highest BCUT2D eigenvalue weighted by Gasteiger charge is 2.31. The molecule has 1 aliphatic rings. The molecule has 8 nitrogen and oxygen atoms in total. The Bertz CT molecular complexity index is 960. The number of hydrogen-bond acceptors (Lipinski definition) is 5. The van der Waals surface area contributed by atoms with E-state index in [-0.39, 0.29) is 31.5 Å². The minimum absolute atomic E-state index is 0.105. The van der Waals surface area contributed by atoms with Crippen molar-refractivity contribution in [3.05, 3.63) is 59.7 Å². The molecule has 8 heteroatoms. The highest BCUT2D eigenvalue weighted by molar-refractivity contribution is 5.89. The van der Waals surface area contributed by atoms with E-state index in [0.29, 0.717) is 0 Å². The molecule has 176 valence electrons. The monoisotopic (exact) mass is 454 g/mol. The van der Waals surface area contributed by atoms with Gasteiger partial charge in [-0.3, -0.25) is 4.79 Å². The largest absolute Gasteiger partial charge is 0.480 e. The predicted octanol–water partition coefficient (Wildman–Crippen LogP) is 3.16. The molecular formula is C25H30N2O6. The van der Waals surface area contributed by atoms with E-state index < -0.39 is 30.1 Å². The molecule has 2 aromatic rings. The van der Waals surface area contributed by atoms with Crippen molar-refractivity contribution in [3.63, 3.8) is 0 Å². The molecule has 0 heterocycles. The second-order valence-corrected chi connectivity index (χ2v) is 8.37. The summed E-state index contributed by atoms with van der Waals surface area (Å²) < 4.78 is 10.5. The number of fused-ring (bicyclic) bond motifs is 3. The predicted molar refractivity (Wildman–Crippen MR) is 123 cm³/mol. The molecule has 3 rings (SSSR count). The molecule has 2 atom stereocenters. The molecule has 33 heavy (non-hydrogen) atoms. The lowest BCUT2D eigenvalue weighted by Crippen LogP contribution is -2.53. The van der Waals surface area contributed by atoms with Crippen molar-refractivity contribution in [1.82, 2.24) is 10.6 Å². The average Bonchev–Trinajstić information content (AvgIpc) is 3.12. The van der Waals surface area contributed by atoms with E-state index in [1.807, 2.05) is 48.5 Å². The van der Waals surface area contributed by atoms with Crippen molar-refractivity contribution in [2.24, 2.45) is 5.92 Å². The Balaban J connectivity index is 1.66. The number of carboxylic acid groups (broad SMARTS) is 1. The quantitative estimate of drug-likeness (QED) is 0.508. The number of ether oxygens (including phenoxy) is 2. The summed E-state index contributed by atoms with van der Waals surface area (Å²) in [6.45, 7) is 3.72. The van der Waals surface area contributed by atoms with E-state index >= 15 is 0 Å². The first-order valence-corrected chi connectivity index (χ1v) is 11.0. The third-order valence-electron chi connectivity index (χ3n) is 5.79. The summed E-state index contributed by atoms with van der Waals surface area (Å²) in [6, 6.07) is 14.0. The fourth-order valence-corrected chi connectivity index (χ4v) is 4.05. The first-order valence-electron chi connectivity index (χ1n) is 11.0. The van der Waals surface area contributed by atoms with Gasteiger partial charge in [-0.15, -0.1) is 0 Å². The van der Waals surface area contributed by atoms with Crippen LogP contribution in [-0.4, -0.2) is 55.5 Å². The van der Waals surface area contributed by atoms with Crippen LogP contribution in [0.25, 0.3) is 11.1 Å². The number of hydrogen-bond donors (Lipinski definition) is 3. The summed E-state index contributed by atoms with van der Waals surface area (Å²) in [7, 11) is 1.48. The van der Waals surface area contributed by atoms with Crippen molar-refractivity contribution in [2.75, 3.05) is 20.3 Å². The first-order chi connectivity index (χ1) is 15.8. The van der Waals surface area contributed by atoms with E-state index in [2.05, 4.69) is 10.6 Å². The van der Waals surface area contributed by atoms with Gasteiger partial charge in [0.1, 0.15) is 18.7 Å². The third-order valence-corrected chi connectivity index (χ3v) is 5.79. The Kier molecular flexibility index (Phi) is 8.06. The number of aliphatic carboxylic acids is 1. The van der Waals surface area contributed by atoms with Gasteiger partial charge in [0, 0.05) is 26.1 Å². The molecule has 1 aliphatic carbocycles. The number of alkyl carbamates (subject to hydrolysis) is 1. The second kappa shape index (κ2) is 11.0. The molecule has 0 bridgehead atoms. The van der Waals surface area contributed by atoms with Gasteiger partial charge in [-0.05, 0) is 28.2 Å². The Morgan fingerprint density at radius 1 is 0.970 bits per heavy atom. The van der Waals surface area contributed by atoms with Crippen LogP contribution in [0.5, 0.6) is 0 Å². The number of carboxylic acids is 1. The first kappa shape index (κ1) is 24.3. The number of nitrogens with one attached hydrogen (secondary N) is 2. The van der Waals surface area contributed by atoms with E-state index in [0.717, 1.165) is 22.3 Å². The zero-order valence-corrected chi connectivity index (χ0v) is 19.0. The van der Waals surface area contributed by atoms with Crippen LogP contribution >= 0.6 is 0 Å². The van der Waals surface area contributed by atoms with Crippen LogP contribution in [0.3, 0.4) is 0 Å². The van der Waals surface area contributed by atoms with Gasteiger partial charge in [0.15, 0.2) is 0 Å². The van der Waals surface area contributed by atoms with Gasteiger partial charge >= 0.3 is 12.1 Å². The van der Waals surface area contributed by atoms with Gasteiger partial charge in [0.2, 0.25) is 5.91 Å². The number of benzene rings is 2. The maximum absolute atomic E-state index is 12.7. The van der Waals surface area contributed by atoms with E-state index in [1.165, 1.54) is 7.11 Å². The molecule has 0 aliphatic heterocycles. The van der Waals surface area contributed by atoms with E-state index in [4.69, 9.17) is 9.47 Å². The zero-order valence-electron chi connectivity index (χ0n) is 19.0. The van der Waals surface area contributed by atoms with Crippen molar-refractivity contribution in [2.45, 2.75) is 38.3 Å². The van der Waals surface area contributed by atoms with Crippen LogP contribution in [0, 0.1) is 5.92 Å². The lowest BCUT2D eigenvalue weighted by atomic mass is 9.98. The molecule has 3 N–H and O–H groups in total. The van der Waals surface area contributed by atoms with Crippen molar-refractivity contribution in [1.29, 1.82) is 0 Å². The van der Waals surface area contributed by atoms with Crippen LogP contribution in [0.1, 0.15) is 37.3 Å². The zero-order chi connectivity index (χ0) is 24.0. The van der Waals surface area contributed by atoms with Gasteiger partial charge in [-0.1, -0.05) is 62.4 Å². The van der Waals surface area contributed by atoms with Gasteiger partial charge in [-0.2, -0.15) is 0 Å². The standard InChI is InChI=1S/C25H30N2O6/c1-15(2)22(24(29)30)27-23(28)21(12-13-32-3)26-25(31)33-14-20-18-10-6-4-8-16(18)17-9-5-7-11-19(17)20/h4-11,15,20-22H,12-14H2,1-3H3,(H,26,31)(H,27,28)(H,29,30)/t21?,22-/m0/s1. The van der Waals surface area contributed by atoms with Crippen LogP contribution < -0.4 is 10.6 Å². The Hall–Kier alpha value is -3.39. The molecule has 2 amide bonds. The normalized spacial score (nSPS) is 14.2. The summed E-state index contributed by atoms with van der Waals surface area (Å²) >= 11 is 0. The average molecular weight is 455 g/mol. The topological polar surface area (TPSA) is 114 Å². The van der Waals surface area contributed by atoms with Crippen LogP contribution in [0.4, 0.5) is 4.79 Å². The number of methoxy groups -OCH3 is 1. The van der Waals surface area contributed by atoms with Crippen LogP contribution in [0.2, 0.25) is 0 Å². The Morgan fingerprint density at radius 2 is 1.55 bits per heavy atom. The minimum atomic E-state index is -1.13. The van der Waals surface area contributed by atoms with Gasteiger partial charge in [0.05, 0.1) is 0 Å². The Morgan fingerprint density at radius 3 is 2.06 bits per heavy atom. The molecule has 0 spiro atoms. The summed E-state index contributed by atoms with van der Waals surface area (Å²) in [5.74, 6) is -2.15. The lowest BCUT2D eigenvalue weighted by Gasteiger charge is -2.23. The summed E-state index contributed by atoms with van der Waals surface area (Å²) in [5, 5.41) is 14.4. The second-order valence-electron chi connectivity index (χ2n) is 8.37. The number of carbonyl (C=O) groups is 3. The summed E-state index contributed by atoms with van der Waals surface area (Å²) in [6.07, 6.45) is -0.568. The summed E-state index contributed by atoms with van der Waals surface area (Å²) in [5.41, 5.74) is 4.41. The third kappa shape index (κ3) is 5.70. The molecule has 0 fully saturated rings. The van der Waals surface area contributed by atoms with E-state index in [9.17, 15) is 19.5 Å². The van der Waals surface area contributed by atoms with Crippen molar-refractivity contribution < 1.29 is 29.0 Å². The van der Waals surface area contributed by atoms with E-state index in [1.54, 1.807) is 13.8 Å². The highest BCUT2D eigenvalue weighted by atomic mass is 16.5.